The highest BCUT2D eigenvalue weighted by atomic mass is 35.5. The number of carbonyl (C=O) groups excluding carboxylic acids is 1. The van der Waals surface area contributed by atoms with Gasteiger partial charge in [-0.15, -0.1) is 0 Å². The molecule has 17 heavy (non-hydrogen) atoms. The summed E-state index contributed by atoms with van der Waals surface area (Å²) in [5.41, 5.74) is 0.658. The number of rotatable bonds is 1. The largest absolute Gasteiger partial charge is 0.322 e. The third-order valence-corrected chi connectivity index (χ3v) is 3.10. The molecule has 5 heteroatoms. The molecular weight excluding hydrogens is 238 g/mol. The Kier molecular flexibility index (Phi) is 3.86. The van der Waals surface area contributed by atoms with E-state index in [4.69, 9.17) is 11.6 Å². The fraction of sp³-hybridized carbons (Fsp3) is 0.417. The number of urea groups is 1. The zero-order chi connectivity index (χ0) is 12.3. The van der Waals surface area contributed by atoms with Crippen LogP contribution in [0.5, 0.6) is 0 Å². The monoisotopic (exact) mass is 253 g/mol. The standard InChI is InChI=1S/C12H16ClN3O/c1-9-8-16(7-6-14-9)12(17)15-11-5-3-2-4-10(11)13/h2-5,9,14H,6-8H2,1H3,(H,15,17)/t9-/m0/s1. The lowest BCUT2D eigenvalue weighted by Crippen LogP contribution is -2.52. The molecule has 2 N–H and O–H groups in total. The molecule has 1 fully saturated rings. The summed E-state index contributed by atoms with van der Waals surface area (Å²) in [5.74, 6) is 0. The quantitative estimate of drug-likeness (QED) is 0.806. The highest BCUT2D eigenvalue weighted by Gasteiger charge is 2.20. The van der Waals surface area contributed by atoms with Crippen molar-refractivity contribution in [1.82, 2.24) is 10.2 Å². The molecular formula is C12H16ClN3O. The Morgan fingerprint density at radius 2 is 2.29 bits per heavy atom. The van der Waals surface area contributed by atoms with Crippen molar-refractivity contribution in [2.45, 2.75) is 13.0 Å². The van der Waals surface area contributed by atoms with Gasteiger partial charge >= 0.3 is 6.03 Å². The number of hydrogen-bond acceptors (Lipinski definition) is 2. The Morgan fingerprint density at radius 3 is 3.00 bits per heavy atom. The summed E-state index contributed by atoms with van der Waals surface area (Å²) >= 11 is 5.99. The first-order chi connectivity index (χ1) is 8.16. The van der Waals surface area contributed by atoms with Crippen molar-refractivity contribution in [2.24, 2.45) is 0 Å². The summed E-state index contributed by atoms with van der Waals surface area (Å²) in [6.45, 7) is 4.34. The van der Waals surface area contributed by atoms with Gasteiger partial charge < -0.3 is 15.5 Å². The maximum Gasteiger partial charge on any atom is 0.321 e. The minimum absolute atomic E-state index is 0.0912. The fourth-order valence-corrected chi connectivity index (χ4v) is 2.06. The smallest absolute Gasteiger partial charge is 0.321 e. The van der Waals surface area contributed by atoms with E-state index in [0.717, 1.165) is 19.6 Å². The third-order valence-electron chi connectivity index (χ3n) is 2.77. The van der Waals surface area contributed by atoms with Crippen LogP contribution < -0.4 is 10.6 Å². The van der Waals surface area contributed by atoms with Crippen LogP contribution in [0, 0.1) is 0 Å². The molecule has 0 aromatic heterocycles. The van der Waals surface area contributed by atoms with Crippen molar-refractivity contribution >= 4 is 23.3 Å². The number of anilines is 1. The maximum absolute atomic E-state index is 12.0. The summed E-state index contributed by atoms with van der Waals surface area (Å²) in [6, 6.07) is 7.49. The van der Waals surface area contributed by atoms with Crippen LogP contribution in [0.15, 0.2) is 24.3 Å². The molecule has 0 bridgehead atoms. The number of carbonyl (C=O) groups is 1. The summed E-state index contributed by atoms with van der Waals surface area (Å²) in [6.07, 6.45) is 0. The second-order valence-corrected chi connectivity index (χ2v) is 4.62. The molecule has 1 heterocycles. The molecule has 0 unspecified atom stereocenters. The second-order valence-electron chi connectivity index (χ2n) is 4.21. The van der Waals surface area contributed by atoms with E-state index in [2.05, 4.69) is 17.6 Å². The lowest BCUT2D eigenvalue weighted by atomic mass is 10.2. The average molecular weight is 254 g/mol. The van der Waals surface area contributed by atoms with E-state index in [1.54, 1.807) is 17.0 Å². The molecule has 1 aliphatic rings. The van der Waals surface area contributed by atoms with Gasteiger partial charge in [0.25, 0.3) is 0 Å². The highest BCUT2D eigenvalue weighted by Crippen LogP contribution is 2.20. The van der Waals surface area contributed by atoms with Crippen LogP contribution in [0.1, 0.15) is 6.92 Å². The minimum atomic E-state index is -0.0912. The lowest BCUT2D eigenvalue weighted by Gasteiger charge is -2.31. The third kappa shape index (κ3) is 3.11. The Balaban J connectivity index is 1.99. The van der Waals surface area contributed by atoms with Gasteiger partial charge in [-0.3, -0.25) is 0 Å². The van der Waals surface area contributed by atoms with Crippen LogP contribution in [-0.4, -0.2) is 36.6 Å². The highest BCUT2D eigenvalue weighted by molar-refractivity contribution is 6.33. The SMILES string of the molecule is C[C@H]1CN(C(=O)Nc2ccccc2Cl)CCN1. The van der Waals surface area contributed by atoms with Gasteiger partial charge in [-0.25, -0.2) is 4.79 Å². The fourth-order valence-electron chi connectivity index (χ4n) is 1.87. The first kappa shape index (κ1) is 12.2. The zero-order valence-electron chi connectivity index (χ0n) is 9.74. The summed E-state index contributed by atoms with van der Waals surface area (Å²) in [5, 5.41) is 6.68. The van der Waals surface area contributed by atoms with Gasteiger partial charge in [0, 0.05) is 25.7 Å². The lowest BCUT2D eigenvalue weighted by molar-refractivity contribution is 0.192. The van der Waals surface area contributed by atoms with E-state index in [1.165, 1.54) is 0 Å². The van der Waals surface area contributed by atoms with Gasteiger partial charge in [0.15, 0.2) is 0 Å². The maximum atomic E-state index is 12.0. The van der Waals surface area contributed by atoms with Crippen molar-refractivity contribution in [3.8, 4) is 0 Å². The van der Waals surface area contributed by atoms with Gasteiger partial charge in [0.05, 0.1) is 10.7 Å². The first-order valence-corrected chi connectivity index (χ1v) is 6.08. The molecule has 0 radical (unpaired) electrons. The van der Waals surface area contributed by atoms with E-state index in [9.17, 15) is 4.79 Å². The Morgan fingerprint density at radius 1 is 1.53 bits per heavy atom. The number of nitrogens with one attached hydrogen (secondary N) is 2. The first-order valence-electron chi connectivity index (χ1n) is 5.70. The van der Waals surface area contributed by atoms with Crippen LogP contribution in [0.25, 0.3) is 0 Å². The molecule has 0 saturated carbocycles. The zero-order valence-corrected chi connectivity index (χ0v) is 10.5. The number of hydrogen-bond donors (Lipinski definition) is 2. The van der Waals surface area contributed by atoms with Gasteiger partial charge in [0.2, 0.25) is 0 Å². The van der Waals surface area contributed by atoms with E-state index in [0.29, 0.717) is 16.8 Å². The summed E-state index contributed by atoms with van der Waals surface area (Å²) < 4.78 is 0. The molecule has 0 spiro atoms. The second kappa shape index (κ2) is 5.38. The van der Waals surface area contributed by atoms with E-state index in [-0.39, 0.29) is 6.03 Å². The predicted octanol–water partition coefficient (Wildman–Crippen LogP) is 2.17. The summed E-state index contributed by atoms with van der Waals surface area (Å²) in [4.78, 5) is 13.8. The molecule has 92 valence electrons. The Bertz CT molecular complexity index is 410. The molecule has 2 amide bonds. The number of halogens is 1. The van der Waals surface area contributed by atoms with Crippen molar-refractivity contribution in [3.05, 3.63) is 29.3 Å². The van der Waals surface area contributed by atoms with Crippen LogP contribution in [0.3, 0.4) is 0 Å². The summed E-state index contributed by atoms with van der Waals surface area (Å²) in [7, 11) is 0. The normalized spacial score (nSPS) is 20.1. The molecule has 0 aliphatic carbocycles. The van der Waals surface area contributed by atoms with Crippen LogP contribution in [0.4, 0.5) is 10.5 Å². The van der Waals surface area contributed by atoms with Gasteiger partial charge in [-0.2, -0.15) is 0 Å². The van der Waals surface area contributed by atoms with Gasteiger partial charge in [-0.1, -0.05) is 23.7 Å². The van der Waals surface area contributed by atoms with E-state index >= 15 is 0 Å². The van der Waals surface area contributed by atoms with Crippen LogP contribution in [-0.2, 0) is 0 Å². The van der Waals surface area contributed by atoms with Crippen LogP contribution in [0.2, 0.25) is 5.02 Å². The number of amides is 2. The van der Waals surface area contributed by atoms with Crippen molar-refractivity contribution in [1.29, 1.82) is 0 Å². The number of piperazine rings is 1. The van der Waals surface area contributed by atoms with Gasteiger partial charge in [0.1, 0.15) is 0 Å². The van der Waals surface area contributed by atoms with Gasteiger partial charge in [-0.05, 0) is 19.1 Å². The molecule has 1 saturated heterocycles. The molecule has 1 aromatic rings. The Hall–Kier alpha value is -1.26. The number of nitrogens with zero attached hydrogens (tertiary/aromatic N) is 1. The van der Waals surface area contributed by atoms with E-state index in [1.807, 2.05) is 12.1 Å². The van der Waals surface area contributed by atoms with Crippen LogP contribution >= 0.6 is 11.6 Å². The Labute approximate surface area is 106 Å². The average Bonchev–Trinajstić information content (AvgIpc) is 2.32. The molecule has 1 atom stereocenters. The molecule has 4 nitrogen and oxygen atoms in total. The number of para-hydroxylation sites is 1. The minimum Gasteiger partial charge on any atom is -0.322 e. The predicted molar refractivity (Wildman–Crippen MR) is 69.5 cm³/mol. The van der Waals surface area contributed by atoms with Crippen molar-refractivity contribution in [3.63, 3.8) is 0 Å². The molecule has 2 rings (SSSR count). The number of benzene rings is 1. The van der Waals surface area contributed by atoms with E-state index < -0.39 is 0 Å². The van der Waals surface area contributed by atoms with Crippen molar-refractivity contribution in [2.75, 3.05) is 25.0 Å². The molecule has 1 aliphatic heterocycles. The topological polar surface area (TPSA) is 44.4 Å². The van der Waals surface area contributed by atoms with Crippen molar-refractivity contribution < 1.29 is 4.79 Å². The molecule has 1 aromatic carbocycles.